The third-order valence-corrected chi connectivity index (χ3v) is 3.04. The Bertz CT molecular complexity index is 622. The molecule has 0 amide bonds. The molecule has 0 radical (unpaired) electrons. The summed E-state index contributed by atoms with van der Waals surface area (Å²) in [6, 6.07) is 8.18. The van der Waals surface area contributed by atoms with Gasteiger partial charge in [-0.25, -0.2) is 9.97 Å². The Morgan fingerprint density at radius 2 is 1.95 bits per heavy atom. The van der Waals surface area contributed by atoms with Crippen LogP contribution in [0, 0.1) is 0 Å². The number of nitrogens with two attached hydrogens (primary N) is 1. The van der Waals surface area contributed by atoms with Crippen LogP contribution >= 0.6 is 0 Å². The minimum Gasteiger partial charge on any atom is -0.399 e. The van der Waals surface area contributed by atoms with Crippen LogP contribution in [0.3, 0.4) is 0 Å². The van der Waals surface area contributed by atoms with Crippen molar-refractivity contribution in [1.82, 2.24) is 9.97 Å². The topological polar surface area (TPSA) is 85.4 Å². The fourth-order valence-corrected chi connectivity index (χ4v) is 1.83. The number of oxime groups is 1. The second-order valence-corrected chi connectivity index (χ2v) is 4.84. The molecule has 0 saturated carbocycles. The van der Waals surface area contributed by atoms with E-state index in [4.69, 9.17) is 5.73 Å². The van der Waals surface area contributed by atoms with Gasteiger partial charge < -0.3 is 15.9 Å². The van der Waals surface area contributed by atoms with Gasteiger partial charge in [0, 0.05) is 5.69 Å². The number of hydrogen-bond donors (Lipinski definition) is 2. The molecule has 0 fully saturated rings. The molecule has 0 saturated heterocycles. The summed E-state index contributed by atoms with van der Waals surface area (Å²) >= 11 is 0. The van der Waals surface area contributed by atoms with E-state index >= 15 is 0 Å². The summed E-state index contributed by atoms with van der Waals surface area (Å²) in [5.41, 5.74) is 8.63. The molecule has 2 aromatic rings. The van der Waals surface area contributed by atoms with Gasteiger partial charge in [0.15, 0.2) is 0 Å². The number of nitrogens with zero attached hydrogens (tertiary/aromatic N) is 3. The Kier molecular flexibility index (Phi) is 4.71. The van der Waals surface area contributed by atoms with Crippen LogP contribution in [0.1, 0.15) is 30.9 Å². The second-order valence-electron chi connectivity index (χ2n) is 4.84. The SMILES string of the molecule is CON=Cc1c(N)ncnc1Nc1ccc(C(C)C)cc1. The normalized spacial score (nSPS) is 11.0. The molecule has 6 heteroatoms. The molecule has 1 heterocycles. The van der Waals surface area contributed by atoms with E-state index in [-0.39, 0.29) is 0 Å². The maximum atomic E-state index is 5.84. The molecule has 3 N–H and O–H groups in total. The number of aromatic nitrogens is 2. The van der Waals surface area contributed by atoms with E-state index in [0.29, 0.717) is 23.1 Å². The van der Waals surface area contributed by atoms with Gasteiger partial charge in [-0.1, -0.05) is 31.1 Å². The van der Waals surface area contributed by atoms with Crippen LogP contribution in [0.2, 0.25) is 0 Å². The van der Waals surface area contributed by atoms with E-state index in [0.717, 1.165) is 5.69 Å². The van der Waals surface area contributed by atoms with Gasteiger partial charge in [-0.15, -0.1) is 0 Å². The van der Waals surface area contributed by atoms with Crippen LogP contribution in [-0.2, 0) is 4.84 Å². The standard InChI is InChI=1S/C15H19N5O/c1-10(2)11-4-6-12(7-5-11)20-15-13(8-19-21-3)14(16)17-9-18-15/h4-10H,1-3H3,(H3,16,17,18,20). The zero-order valence-corrected chi connectivity index (χ0v) is 12.4. The predicted molar refractivity (Wildman–Crippen MR) is 84.9 cm³/mol. The molecule has 110 valence electrons. The van der Waals surface area contributed by atoms with Gasteiger partial charge in [0.1, 0.15) is 25.1 Å². The van der Waals surface area contributed by atoms with E-state index in [9.17, 15) is 0 Å². The Balaban J connectivity index is 2.26. The molecule has 0 unspecified atom stereocenters. The third-order valence-electron chi connectivity index (χ3n) is 3.04. The molecule has 0 bridgehead atoms. The van der Waals surface area contributed by atoms with Crippen LogP contribution in [0.25, 0.3) is 0 Å². The van der Waals surface area contributed by atoms with Crippen molar-refractivity contribution in [1.29, 1.82) is 0 Å². The maximum Gasteiger partial charge on any atom is 0.144 e. The first kappa shape index (κ1) is 14.8. The largest absolute Gasteiger partial charge is 0.399 e. The van der Waals surface area contributed by atoms with Crippen LogP contribution in [-0.4, -0.2) is 23.3 Å². The summed E-state index contributed by atoms with van der Waals surface area (Å²) in [6.07, 6.45) is 2.89. The lowest BCUT2D eigenvalue weighted by atomic mass is 10.0. The lowest BCUT2D eigenvalue weighted by Crippen LogP contribution is -2.05. The average Bonchev–Trinajstić information content (AvgIpc) is 2.47. The molecule has 0 spiro atoms. The van der Waals surface area contributed by atoms with Crippen molar-refractivity contribution in [3.05, 3.63) is 41.7 Å². The summed E-state index contributed by atoms with van der Waals surface area (Å²) in [4.78, 5) is 12.8. The van der Waals surface area contributed by atoms with Crippen LogP contribution in [0.5, 0.6) is 0 Å². The molecular weight excluding hydrogens is 266 g/mol. The zero-order chi connectivity index (χ0) is 15.2. The molecule has 6 nitrogen and oxygen atoms in total. The molecule has 0 aliphatic rings. The van der Waals surface area contributed by atoms with Crippen LogP contribution < -0.4 is 11.1 Å². The van der Waals surface area contributed by atoms with E-state index in [1.54, 1.807) is 0 Å². The lowest BCUT2D eigenvalue weighted by Gasteiger charge is -2.11. The van der Waals surface area contributed by atoms with Crippen molar-refractivity contribution < 1.29 is 4.84 Å². The third kappa shape index (κ3) is 3.68. The number of benzene rings is 1. The van der Waals surface area contributed by atoms with E-state index < -0.39 is 0 Å². The molecule has 2 rings (SSSR count). The van der Waals surface area contributed by atoms with E-state index in [1.165, 1.54) is 25.2 Å². The average molecular weight is 285 g/mol. The minimum absolute atomic E-state index is 0.340. The van der Waals surface area contributed by atoms with Crippen molar-refractivity contribution in [2.75, 3.05) is 18.2 Å². The summed E-state index contributed by atoms with van der Waals surface area (Å²) in [5.74, 6) is 1.42. The highest BCUT2D eigenvalue weighted by Crippen LogP contribution is 2.22. The maximum absolute atomic E-state index is 5.84. The van der Waals surface area contributed by atoms with Crippen molar-refractivity contribution in [2.24, 2.45) is 5.16 Å². The van der Waals surface area contributed by atoms with Crippen molar-refractivity contribution in [3.8, 4) is 0 Å². The molecule has 21 heavy (non-hydrogen) atoms. The number of nitrogens with one attached hydrogen (secondary N) is 1. The monoisotopic (exact) mass is 285 g/mol. The Morgan fingerprint density at radius 1 is 1.24 bits per heavy atom. The number of nitrogen functional groups attached to an aromatic ring is 1. The number of anilines is 3. The summed E-state index contributed by atoms with van der Waals surface area (Å²) < 4.78 is 0. The highest BCUT2D eigenvalue weighted by Gasteiger charge is 2.08. The molecule has 0 aliphatic heterocycles. The fraction of sp³-hybridized carbons (Fsp3) is 0.267. The molecule has 0 atom stereocenters. The Morgan fingerprint density at radius 3 is 2.57 bits per heavy atom. The van der Waals surface area contributed by atoms with E-state index in [2.05, 4.69) is 51.3 Å². The van der Waals surface area contributed by atoms with Gasteiger partial charge >= 0.3 is 0 Å². The van der Waals surface area contributed by atoms with Gasteiger partial charge in [-0.2, -0.15) is 0 Å². The molecule has 1 aromatic heterocycles. The van der Waals surface area contributed by atoms with Crippen LogP contribution in [0.15, 0.2) is 35.7 Å². The summed E-state index contributed by atoms with van der Waals surface area (Å²) in [7, 11) is 1.47. The van der Waals surface area contributed by atoms with Gasteiger partial charge in [0.25, 0.3) is 0 Å². The van der Waals surface area contributed by atoms with Gasteiger partial charge in [0.05, 0.1) is 11.8 Å². The predicted octanol–water partition coefficient (Wildman–Crippen LogP) is 2.91. The Hall–Kier alpha value is -2.63. The first-order chi connectivity index (χ1) is 10.1. The first-order valence-corrected chi connectivity index (χ1v) is 6.65. The van der Waals surface area contributed by atoms with Gasteiger partial charge in [0.2, 0.25) is 0 Å². The second kappa shape index (κ2) is 6.69. The van der Waals surface area contributed by atoms with Gasteiger partial charge in [-0.05, 0) is 23.6 Å². The van der Waals surface area contributed by atoms with Crippen molar-refractivity contribution in [2.45, 2.75) is 19.8 Å². The molecular formula is C15H19N5O. The van der Waals surface area contributed by atoms with Gasteiger partial charge in [-0.3, -0.25) is 0 Å². The van der Waals surface area contributed by atoms with E-state index in [1.807, 2.05) is 12.1 Å². The highest BCUT2D eigenvalue weighted by molar-refractivity contribution is 5.92. The summed E-state index contributed by atoms with van der Waals surface area (Å²) in [5, 5.41) is 6.93. The van der Waals surface area contributed by atoms with Crippen LogP contribution in [0.4, 0.5) is 17.3 Å². The first-order valence-electron chi connectivity index (χ1n) is 6.65. The molecule has 0 aliphatic carbocycles. The lowest BCUT2D eigenvalue weighted by molar-refractivity contribution is 0.215. The Labute approximate surface area is 124 Å². The minimum atomic E-state index is 0.340. The molecule has 1 aromatic carbocycles. The fourth-order valence-electron chi connectivity index (χ4n) is 1.83. The quantitative estimate of drug-likeness (QED) is 0.651. The highest BCUT2D eigenvalue weighted by atomic mass is 16.6. The van der Waals surface area contributed by atoms with Crippen molar-refractivity contribution in [3.63, 3.8) is 0 Å². The number of hydrogen-bond acceptors (Lipinski definition) is 6. The van der Waals surface area contributed by atoms with Crippen molar-refractivity contribution >= 4 is 23.5 Å². The smallest absolute Gasteiger partial charge is 0.144 e. The number of rotatable bonds is 5. The zero-order valence-electron chi connectivity index (χ0n) is 12.4. The summed E-state index contributed by atoms with van der Waals surface area (Å²) in [6.45, 7) is 4.32.